The lowest BCUT2D eigenvalue weighted by Gasteiger charge is -2.64. The monoisotopic (exact) mass is 612 g/mol. The van der Waals surface area contributed by atoms with Crippen LogP contribution < -0.4 is 0 Å². The fourth-order valence-corrected chi connectivity index (χ4v) is 10.5. The molecule has 1 heterocycles. The van der Waals surface area contributed by atoms with E-state index in [4.69, 9.17) is 14.2 Å². The second-order valence-electron chi connectivity index (χ2n) is 15.2. The molecule has 0 aromatic heterocycles. The van der Waals surface area contributed by atoms with Crippen LogP contribution in [0.3, 0.4) is 0 Å². The Kier molecular flexibility index (Phi) is 9.80. The molecule has 4 fully saturated rings. The highest BCUT2D eigenvalue weighted by molar-refractivity contribution is 5.33. The molecule has 0 spiro atoms. The molecule has 1 saturated heterocycles. The summed E-state index contributed by atoms with van der Waals surface area (Å²) in [5.74, 6) is -0.578. The summed E-state index contributed by atoms with van der Waals surface area (Å²) in [5.41, 5.74) is -1.53. The SMILES string of the molecule is CO[C@H]1[C@H](O[C@@H]2C=C3[C@H](O)C[C@@]4(O)[C@@H]5[C@@H](O)[C@H](O)[C@H]([C@H](C)CCC[C@H](C)CO)[C@@]5(C)CC[C@@H]4[C@@]3(C)CC2)OC[C@@H](O)[C@@H]1O. The van der Waals surface area contributed by atoms with Crippen LogP contribution in [0, 0.1) is 40.4 Å². The van der Waals surface area contributed by atoms with E-state index in [2.05, 4.69) is 20.8 Å². The van der Waals surface area contributed by atoms with Gasteiger partial charge in [0.15, 0.2) is 6.29 Å². The van der Waals surface area contributed by atoms with E-state index in [-0.39, 0.29) is 43.3 Å². The molecule has 10 heteroatoms. The van der Waals surface area contributed by atoms with Crippen LogP contribution in [0.5, 0.6) is 0 Å². The summed E-state index contributed by atoms with van der Waals surface area (Å²) in [6, 6.07) is 0. The van der Waals surface area contributed by atoms with E-state index < -0.39 is 71.4 Å². The summed E-state index contributed by atoms with van der Waals surface area (Å²) >= 11 is 0. The molecule has 7 N–H and O–H groups in total. The van der Waals surface area contributed by atoms with E-state index in [0.29, 0.717) is 12.8 Å². The lowest BCUT2D eigenvalue weighted by Crippen LogP contribution is -2.66. The number of methoxy groups -OCH3 is 1. The van der Waals surface area contributed by atoms with Gasteiger partial charge in [0, 0.05) is 26.1 Å². The largest absolute Gasteiger partial charge is 0.396 e. The van der Waals surface area contributed by atoms with Crippen molar-refractivity contribution in [3.8, 4) is 0 Å². The molecule has 5 aliphatic rings. The number of aliphatic hydroxyl groups excluding tert-OH is 6. The first-order valence-electron chi connectivity index (χ1n) is 16.5. The Morgan fingerprint density at radius 2 is 1.72 bits per heavy atom. The molecule has 0 unspecified atom stereocenters. The van der Waals surface area contributed by atoms with Crippen molar-refractivity contribution in [2.45, 2.75) is 134 Å². The molecule has 0 aromatic carbocycles. The molecule has 1 aliphatic heterocycles. The Labute approximate surface area is 256 Å². The second-order valence-corrected chi connectivity index (χ2v) is 15.2. The lowest BCUT2D eigenvalue weighted by atomic mass is 9.43. The third kappa shape index (κ3) is 5.55. The molecule has 10 nitrogen and oxygen atoms in total. The third-order valence-corrected chi connectivity index (χ3v) is 12.6. The van der Waals surface area contributed by atoms with Gasteiger partial charge in [-0.05, 0) is 72.2 Å². The van der Waals surface area contributed by atoms with Crippen molar-refractivity contribution in [1.82, 2.24) is 0 Å². The van der Waals surface area contributed by atoms with Crippen molar-refractivity contribution < 1.29 is 50.0 Å². The van der Waals surface area contributed by atoms with Gasteiger partial charge in [-0.15, -0.1) is 0 Å². The minimum atomic E-state index is -1.35. The van der Waals surface area contributed by atoms with E-state index in [0.717, 1.165) is 37.7 Å². The van der Waals surface area contributed by atoms with E-state index in [1.807, 2.05) is 13.0 Å². The van der Waals surface area contributed by atoms with Gasteiger partial charge >= 0.3 is 0 Å². The number of ether oxygens (including phenoxy) is 3. The highest BCUT2D eigenvalue weighted by Gasteiger charge is 2.72. The van der Waals surface area contributed by atoms with Crippen molar-refractivity contribution in [2.24, 2.45) is 40.4 Å². The Bertz CT molecular complexity index is 1010. The van der Waals surface area contributed by atoms with Crippen LogP contribution in [0.1, 0.15) is 79.1 Å². The molecule has 0 amide bonds. The highest BCUT2D eigenvalue weighted by atomic mass is 16.7. The highest BCUT2D eigenvalue weighted by Crippen LogP contribution is 2.69. The first-order chi connectivity index (χ1) is 20.2. The van der Waals surface area contributed by atoms with Gasteiger partial charge in [-0.25, -0.2) is 0 Å². The Hall–Kier alpha value is -0.660. The average molecular weight is 613 g/mol. The molecule has 4 aliphatic carbocycles. The minimum Gasteiger partial charge on any atom is -0.396 e. The van der Waals surface area contributed by atoms with E-state index in [1.165, 1.54) is 7.11 Å². The predicted molar refractivity (Wildman–Crippen MR) is 158 cm³/mol. The Balaban J connectivity index is 1.36. The van der Waals surface area contributed by atoms with Gasteiger partial charge in [-0.3, -0.25) is 0 Å². The zero-order chi connectivity index (χ0) is 31.5. The Morgan fingerprint density at radius 3 is 2.40 bits per heavy atom. The van der Waals surface area contributed by atoms with Crippen molar-refractivity contribution in [3.05, 3.63) is 11.6 Å². The molecule has 3 saturated carbocycles. The molecular weight excluding hydrogens is 556 g/mol. The van der Waals surface area contributed by atoms with Crippen molar-refractivity contribution in [2.75, 3.05) is 20.3 Å². The van der Waals surface area contributed by atoms with Gasteiger partial charge in [0.05, 0.1) is 36.6 Å². The van der Waals surface area contributed by atoms with Crippen molar-refractivity contribution in [3.63, 3.8) is 0 Å². The van der Waals surface area contributed by atoms with Crippen molar-refractivity contribution in [1.29, 1.82) is 0 Å². The van der Waals surface area contributed by atoms with Gasteiger partial charge in [0.2, 0.25) is 0 Å². The zero-order valence-electron chi connectivity index (χ0n) is 26.5. The van der Waals surface area contributed by atoms with Crippen LogP contribution in [-0.4, -0.2) is 111 Å². The topological polar surface area (TPSA) is 169 Å². The standard InChI is InChI=1S/C33H56O10/c1-17(15-34)7-6-8-18(2)24-26(38)27(39)29-32(24,4)12-10-23-31(3)11-9-19(13-20(31)21(35)14-33(23,29)40)43-30-28(41-5)25(37)22(36)16-42-30/h13,17-19,21-30,34-40H,6-12,14-16H2,1-5H3/t17-,18+,19-,21+,22+,23+,24-,25-,26+,27-,28+,29+,30-,31-,32+,33-/m0/s1. The van der Waals surface area contributed by atoms with E-state index in [1.54, 1.807) is 0 Å². The maximum Gasteiger partial charge on any atom is 0.187 e. The molecule has 0 radical (unpaired) electrons. The zero-order valence-corrected chi connectivity index (χ0v) is 26.5. The second kappa shape index (κ2) is 12.5. The minimum absolute atomic E-state index is 0.0693. The molecule has 0 bridgehead atoms. The molecular formula is C33H56O10. The lowest BCUT2D eigenvalue weighted by molar-refractivity contribution is -0.285. The molecule has 0 aromatic rings. The predicted octanol–water partition coefficient (Wildman–Crippen LogP) is 1.51. The Morgan fingerprint density at radius 1 is 1.00 bits per heavy atom. The summed E-state index contributed by atoms with van der Waals surface area (Å²) in [5, 5.41) is 77.0. The number of fused-ring (bicyclic) bond motifs is 5. The molecule has 16 atom stereocenters. The normalized spacial score (nSPS) is 51.2. The summed E-state index contributed by atoms with van der Waals surface area (Å²) in [6.45, 7) is 8.48. The van der Waals surface area contributed by atoms with Crippen LogP contribution in [0.4, 0.5) is 0 Å². The maximum atomic E-state index is 12.6. The fraction of sp³-hybridized carbons (Fsp3) is 0.939. The van der Waals surface area contributed by atoms with Gasteiger partial charge in [0.1, 0.15) is 18.3 Å². The molecule has 248 valence electrons. The van der Waals surface area contributed by atoms with Crippen LogP contribution in [0.2, 0.25) is 0 Å². The fourth-order valence-electron chi connectivity index (χ4n) is 10.5. The summed E-state index contributed by atoms with van der Waals surface area (Å²) < 4.78 is 17.2. The van der Waals surface area contributed by atoms with Crippen LogP contribution in [-0.2, 0) is 14.2 Å². The number of aliphatic hydroxyl groups is 7. The first-order valence-corrected chi connectivity index (χ1v) is 16.5. The number of hydrogen-bond donors (Lipinski definition) is 7. The van der Waals surface area contributed by atoms with E-state index >= 15 is 0 Å². The van der Waals surface area contributed by atoms with Gasteiger partial charge in [-0.1, -0.05) is 46.6 Å². The van der Waals surface area contributed by atoms with Gasteiger partial charge in [0.25, 0.3) is 0 Å². The average Bonchev–Trinajstić information content (AvgIpc) is 3.16. The van der Waals surface area contributed by atoms with Crippen molar-refractivity contribution >= 4 is 0 Å². The third-order valence-electron chi connectivity index (χ3n) is 12.6. The van der Waals surface area contributed by atoms with E-state index in [9.17, 15) is 35.7 Å². The van der Waals surface area contributed by atoms with Crippen LogP contribution in [0.25, 0.3) is 0 Å². The summed E-state index contributed by atoms with van der Waals surface area (Å²) in [7, 11) is 1.43. The summed E-state index contributed by atoms with van der Waals surface area (Å²) in [4.78, 5) is 0. The smallest absolute Gasteiger partial charge is 0.187 e. The molecule has 43 heavy (non-hydrogen) atoms. The number of hydrogen-bond acceptors (Lipinski definition) is 10. The summed E-state index contributed by atoms with van der Waals surface area (Å²) in [6.07, 6.45) is 0.172. The number of rotatable bonds is 9. The van der Waals surface area contributed by atoms with Gasteiger partial charge in [-0.2, -0.15) is 0 Å². The van der Waals surface area contributed by atoms with Crippen LogP contribution >= 0.6 is 0 Å². The van der Waals surface area contributed by atoms with Crippen LogP contribution in [0.15, 0.2) is 11.6 Å². The maximum absolute atomic E-state index is 12.6. The van der Waals surface area contributed by atoms with Gasteiger partial charge < -0.3 is 50.0 Å². The quantitative estimate of drug-likeness (QED) is 0.190. The first kappa shape index (κ1) is 33.7. The molecule has 5 rings (SSSR count).